The van der Waals surface area contributed by atoms with Gasteiger partial charge < -0.3 is 19.3 Å². The Labute approximate surface area is 273 Å². The standard InChI is InChI=1S/C37H45NO7S/c1-25(2)32-22-37(19-10-20-38(24-37)46(41,42)30-16-13-27(14-17-30)36(4,5)6)26(3)44-35(32)31-21-29(45-28-11-8-7-9-12-28)15-18-33(31)43-23-34(39)40/h7-9,11-18,21,26,32,35H,1,10,19-20,22-24H2,2-6H3,(H,39,40)/t26-,32-,35-,37+/m0/s1. The van der Waals surface area contributed by atoms with Gasteiger partial charge in [0.05, 0.1) is 17.1 Å². The van der Waals surface area contributed by atoms with Gasteiger partial charge >= 0.3 is 5.97 Å². The summed E-state index contributed by atoms with van der Waals surface area (Å²) in [7, 11) is -3.72. The van der Waals surface area contributed by atoms with E-state index < -0.39 is 34.1 Å². The molecule has 246 valence electrons. The van der Waals surface area contributed by atoms with Crippen LogP contribution >= 0.6 is 0 Å². The molecule has 0 amide bonds. The minimum atomic E-state index is -3.72. The lowest BCUT2D eigenvalue weighted by Crippen LogP contribution is -2.55. The monoisotopic (exact) mass is 647 g/mol. The molecule has 2 aliphatic heterocycles. The van der Waals surface area contributed by atoms with Crippen LogP contribution in [0.4, 0.5) is 0 Å². The lowest BCUT2D eigenvalue weighted by molar-refractivity contribution is -0.159. The molecule has 0 saturated carbocycles. The average Bonchev–Trinajstić information content (AvgIpc) is 3.01. The van der Waals surface area contributed by atoms with E-state index in [1.54, 1.807) is 28.6 Å². The van der Waals surface area contributed by atoms with Crippen LogP contribution in [0.3, 0.4) is 0 Å². The van der Waals surface area contributed by atoms with E-state index in [4.69, 9.17) is 14.2 Å². The molecular formula is C37H45NO7S. The van der Waals surface area contributed by atoms with Gasteiger partial charge in [-0.1, -0.05) is 63.3 Å². The first kappa shape index (κ1) is 33.7. The molecule has 8 nitrogen and oxygen atoms in total. The molecule has 1 N–H and O–H groups in total. The number of rotatable bonds is 9. The number of piperidine rings is 1. The summed E-state index contributed by atoms with van der Waals surface area (Å²) < 4.78 is 48.2. The van der Waals surface area contributed by atoms with Gasteiger partial charge in [0.25, 0.3) is 0 Å². The van der Waals surface area contributed by atoms with E-state index in [9.17, 15) is 18.3 Å². The zero-order valence-electron chi connectivity index (χ0n) is 27.4. The molecule has 3 aromatic carbocycles. The summed E-state index contributed by atoms with van der Waals surface area (Å²) in [6, 6.07) is 21.9. The number of benzene rings is 3. The zero-order valence-corrected chi connectivity index (χ0v) is 28.2. The lowest BCUT2D eigenvalue weighted by atomic mass is 9.65. The van der Waals surface area contributed by atoms with Crippen molar-refractivity contribution in [1.82, 2.24) is 4.31 Å². The number of nitrogens with zero attached hydrogens (tertiary/aromatic N) is 1. The smallest absolute Gasteiger partial charge is 0.341 e. The first-order chi connectivity index (χ1) is 21.7. The predicted molar refractivity (Wildman–Crippen MR) is 178 cm³/mol. The van der Waals surface area contributed by atoms with Crippen molar-refractivity contribution in [3.63, 3.8) is 0 Å². The van der Waals surface area contributed by atoms with Crippen LogP contribution in [0.5, 0.6) is 17.2 Å². The molecule has 4 atom stereocenters. The molecule has 0 bridgehead atoms. The van der Waals surface area contributed by atoms with Crippen LogP contribution < -0.4 is 9.47 Å². The fraction of sp³-hybridized carbons (Fsp3) is 0.432. The first-order valence-corrected chi connectivity index (χ1v) is 17.3. The van der Waals surface area contributed by atoms with Gasteiger partial charge in [-0.25, -0.2) is 13.2 Å². The number of aliphatic carboxylic acids is 1. The van der Waals surface area contributed by atoms with Gasteiger partial charge in [-0.3, -0.25) is 0 Å². The predicted octanol–water partition coefficient (Wildman–Crippen LogP) is 7.75. The molecule has 5 rings (SSSR count). The highest BCUT2D eigenvalue weighted by Gasteiger charge is 2.51. The molecule has 2 heterocycles. The van der Waals surface area contributed by atoms with Gasteiger partial charge in [0.2, 0.25) is 10.0 Å². The van der Waals surface area contributed by atoms with Crippen LogP contribution in [0.2, 0.25) is 0 Å². The number of carbonyl (C=O) groups is 1. The number of carboxylic acids is 1. The number of ether oxygens (including phenoxy) is 3. The quantitative estimate of drug-likeness (QED) is 0.237. The highest BCUT2D eigenvalue weighted by Crippen LogP contribution is 2.54. The summed E-state index contributed by atoms with van der Waals surface area (Å²) in [4.78, 5) is 11.7. The van der Waals surface area contributed by atoms with Crippen LogP contribution in [-0.2, 0) is 25.0 Å². The number of hydrogen-bond acceptors (Lipinski definition) is 6. The van der Waals surface area contributed by atoms with Crippen molar-refractivity contribution < 1.29 is 32.5 Å². The lowest BCUT2D eigenvalue weighted by Gasteiger charge is -2.53. The van der Waals surface area contributed by atoms with E-state index in [1.165, 1.54) is 0 Å². The van der Waals surface area contributed by atoms with Gasteiger partial charge in [0.15, 0.2) is 6.61 Å². The van der Waals surface area contributed by atoms with E-state index in [-0.39, 0.29) is 17.4 Å². The molecule has 2 fully saturated rings. The Bertz CT molecular complexity index is 1660. The van der Waals surface area contributed by atoms with Crippen molar-refractivity contribution >= 4 is 16.0 Å². The molecule has 0 aliphatic carbocycles. The number of sulfonamides is 1. The third kappa shape index (κ3) is 7.17. The number of hydrogen-bond donors (Lipinski definition) is 1. The van der Waals surface area contributed by atoms with Gasteiger partial charge in [0, 0.05) is 30.0 Å². The van der Waals surface area contributed by atoms with E-state index in [2.05, 4.69) is 27.4 Å². The molecule has 1 spiro atoms. The van der Waals surface area contributed by atoms with Crippen molar-refractivity contribution in [1.29, 1.82) is 0 Å². The number of carboxylic acid groups (broad SMARTS) is 1. The van der Waals surface area contributed by atoms with Gasteiger partial charge in [-0.15, -0.1) is 0 Å². The Morgan fingerprint density at radius 3 is 2.39 bits per heavy atom. The van der Waals surface area contributed by atoms with Crippen molar-refractivity contribution in [3.05, 3.63) is 96.1 Å². The molecule has 9 heteroatoms. The maximum absolute atomic E-state index is 13.9. The highest BCUT2D eigenvalue weighted by atomic mass is 32.2. The summed E-state index contributed by atoms with van der Waals surface area (Å²) in [5.41, 5.74) is 2.13. The molecule has 0 aromatic heterocycles. The molecule has 2 aliphatic rings. The van der Waals surface area contributed by atoms with E-state index in [1.807, 2.05) is 62.4 Å². The third-order valence-corrected chi connectivity index (χ3v) is 11.2. The Morgan fingerprint density at radius 2 is 1.76 bits per heavy atom. The molecule has 3 aromatic rings. The molecule has 2 saturated heterocycles. The van der Waals surface area contributed by atoms with E-state index >= 15 is 0 Å². The maximum Gasteiger partial charge on any atom is 0.341 e. The van der Waals surface area contributed by atoms with E-state index in [0.717, 1.165) is 17.6 Å². The second-order valence-corrected chi connectivity index (χ2v) is 15.7. The third-order valence-electron chi connectivity index (χ3n) is 9.39. The van der Waals surface area contributed by atoms with Crippen LogP contribution in [0.1, 0.15) is 71.1 Å². The second-order valence-electron chi connectivity index (χ2n) is 13.7. The molecule has 46 heavy (non-hydrogen) atoms. The normalized spacial score (nSPS) is 24.0. The van der Waals surface area contributed by atoms with Crippen molar-refractivity contribution in [2.45, 2.75) is 76.4 Å². The fourth-order valence-corrected chi connectivity index (χ4v) is 8.27. The SMILES string of the molecule is C=C(C)[C@@H]1C[C@@]2(CCCN(S(=O)(=O)c3ccc(C(C)(C)C)cc3)C2)[C@H](C)O[C@H]1c1cc(Oc2ccccc2)ccc1OCC(=O)O. The van der Waals surface area contributed by atoms with Gasteiger partial charge in [-0.2, -0.15) is 4.31 Å². The summed E-state index contributed by atoms with van der Waals surface area (Å²) in [5.74, 6) is 0.365. The highest BCUT2D eigenvalue weighted by molar-refractivity contribution is 7.89. The molecule has 0 radical (unpaired) electrons. The Balaban J connectivity index is 1.44. The van der Waals surface area contributed by atoms with Crippen molar-refractivity contribution in [2.24, 2.45) is 11.3 Å². The van der Waals surface area contributed by atoms with Gasteiger partial charge in [-0.05, 0) is 86.6 Å². The summed E-state index contributed by atoms with van der Waals surface area (Å²) in [6.07, 6.45) is 1.39. The zero-order chi connectivity index (χ0) is 33.3. The van der Waals surface area contributed by atoms with Crippen molar-refractivity contribution in [3.8, 4) is 17.2 Å². The van der Waals surface area contributed by atoms with Crippen LogP contribution in [0.15, 0.2) is 89.8 Å². The van der Waals surface area contributed by atoms with Crippen LogP contribution in [-0.4, -0.2) is 49.6 Å². The number of para-hydroxylation sites is 1. The summed E-state index contributed by atoms with van der Waals surface area (Å²) >= 11 is 0. The second kappa shape index (κ2) is 13.2. The first-order valence-electron chi connectivity index (χ1n) is 15.8. The van der Waals surface area contributed by atoms with E-state index in [0.29, 0.717) is 53.6 Å². The topological polar surface area (TPSA) is 102 Å². The summed E-state index contributed by atoms with van der Waals surface area (Å²) in [6.45, 7) is 14.9. The minimum Gasteiger partial charge on any atom is -0.482 e. The minimum absolute atomic E-state index is 0.0772. The van der Waals surface area contributed by atoms with Crippen molar-refractivity contribution in [2.75, 3.05) is 19.7 Å². The Hall–Kier alpha value is -3.66. The summed E-state index contributed by atoms with van der Waals surface area (Å²) in [5, 5.41) is 9.35. The van der Waals surface area contributed by atoms with Crippen LogP contribution in [0, 0.1) is 11.3 Å². The molecule has 0 unspecified atom stereocenters. The fourth-order valence-electron chi connectivity index (χ4n) is 6.70. The Morgan fingerprint density at radius 1 is 1.07 bits per heavy atom. The largest absolute Gasteiger partial charge is 0.482 e. The van der Waals surface area contributed by atoms with Crippen LogP contribution in [0.25, 0.3) is 0 Å². The van der Waals surface area contributed by atoms with Gasteiger partial charge in [0.1, 0.15) is 17.2 Å². The molecular weight excluding hydrogens is 602 g/mol. The average molecular weight is 648 g/mol. The Kier molecular flexibility index (Phi) is 9.68. The maximum atomic E-state index is 13.9.